The minimum Gasteiger partial charge on any atom is -0.397 e. The van der Waals surface area contributed by atoms with Crippen molar-refractivity contribution in [1.82, 2.24) is 24.6 Å². The van der Waals surface area contributed by atoms with E-state index in [0.29, 0.717) is 30.0 Å². The van der Waals surface area contributed by atoms with Crippen LogP contribution in [0.1, 0.15) is 36.2 Å². The van der Waals surface area contributed by atoms with E-state index in [2.05, 4.69) is 21.9 Å². The highest BCUT2D eigenvalue weighted by atomic mass is 19.4. The molecule has 0 unspecified atom stereocenters. The standard InChI is InChI=1S/C30H41F3N8O/c1-7-8-22(15-28(20(2)3)41(35)19-27(34)25-17-36-39(6)21(25)4)29(42)37-24-10-9-23(26(16-24)30(31,32)33)18-40-13-11-38(5)12-14-40/h7-10,15-17,19-20H,1,11-14,18,34-35H2,2-6H3,(H,37,42)/b22-8+,27-19-,28-15+. The molecule has 1 fully saturated rings. The van der Waals surface area contributed by atoms with E-state index in [1.54, 1.807) is 24.0 Å². The van der Waals surface area contributed by atoms with Gasteiger partial charge in [0, 0.05) is 74.2 Å². The number of piperazine rings is 1. The van der Waals surface area contributed by atoms with Crippen molar-refractivity contribution >= 4 is 17.3 Å². The summed E-state index contributed by atoms with van der Waals surface area (Å²) in [6.45, 7) is 12.5. The van der Waals surface area contributed by atoms with Crippen molar-refractivity contribution in [2.24, 2.45) is 24.5 Å². The number of aromatic nitrogens is 2. The number of likely N-dealkylation sites (N-methyl/N-ethyl adjacent to an activating group) is 1. The van der Waals surface area contributed by atoms with Gasteiger partial charge < -0.3 is 16.0 Å². The molecule has 1 saturated heterocycles. The summed E-state index contributed by atoms with van der Waals surface area (Å²) in [5.41, 5.74) is 8.35. The Kier molecular flexibility index (Phi) is 10.8. The molecule has 228 valence electrons. The number of amides is 1. The van der Waals surface area contributed by atoms with E-state index in [4.69, 9.17) is 11.6 Å². The number of nitrogens with zero attached hydrogens (tertiary/aromatic N) is 5. The Bertz CT molecular complexity index is 1370. The molecule has 1 aliphatic heterocycles. The molecule has 5 N–H and O–H groups in total. The lowest BCUT2D eigenvalue weighted by molar-refractivity contribution is -0.138. The summed E-state index contributed by atoms with van der Waals surface area (Å²) in [7, 11) is 3.79. The molecule has 2 aromatic rings. The van der Waals surface area contributed by atoms with Crippen LogP contribution in [0, 0.1) is 12.8 Å². The smallest absolute Gasteiger partial charge is 0.397 e. The van der Waals surface area contributed by atoms with Crippen molar-refractivity contribution < 1.29 is 18.0 Å². The van der Waals surface area contributed by atoms with Gasteiger partial charge in [0.2, 0.25) is 0 Å². The number of carbonyl (C=O) groups excluding carboxylic acids is 1. The lowest BCUT2D eigenvalue weighted by atomic mass is 10.0. The maximum Gasteiger partial charge on any atom is 0.416 e. The van der Waals surface area contributed by atoms with Gasteiger partial charge >= 0.3 is 6.18 Å². The quantitative estimate of drug-likeness (QED) is 0.166. The first kappa shape index (κ1) is 32.6. The molecule has 0 aliphatic carbocycles. The molecule has 0 saturated carbocycles. The van der Waals surface area contributed by atoms with Crippen LogP contribution < -0.4 is 16.9 Å². The number of nitrogens with two attached hydrogens (primary N) is 2. The molecule has 1 amide bonds. The van der Waals surface area contributed by atoms with Gasteiger partial charge in [0.05, 0.1) is 17.5 Å². The Morgan fingerprint density at radius 3 is 2.43 bits per heavy atom. The molecule has 12 heteroatoms. The van der Waals surface area contributed by atoms with Crippen LogP contribution in [-0.2, 0) is 24.6 Å². The van der Waals surface area contributed by atoms with Gasteiger partial charge in [-0.3, -0.25) is 19.4 Å². The third-order valence-electron chi connectivity index (χ3n) is 7.24. The Hall–Kier alpha value is -3.87. The Labute approximate surface area is 245 Å². The number of rotatable bonds is 10. The van der Waals surface area contributed by atoms with Crippen LogP contribution in [-0.4, -0.2) is 63.7 Å². The van der Waals surface area contributed by atoms with Gasteiger partial charge in [-0.1, -0.05) is 32.6 Å². The summed E-state index contributed by atoms with van der Waals surface area (Å²) in [4.78, 5) is 17.4. The maximum atomic E-state index is 14.1. The Morgan fingerprint density at radius 1 is 1.21 bits per heavy atom. The topological polar surface area (TPSA) is 109 Å². The summed E-state index contributed by atoms with van der Waals surface area (Å²) < 4.78 is 43.8. The molecule has 0 spiro atoms. The van der Waals surface area contributed by atoms with E-state index in [1.807, 2.05) is 32.7 Å². The van der Waals surface area contributed by atoms with E-state index in [9.17, 15) is 18.0 Å². The normalized spacial score (nSPS) is 16.2. The third kappa shape index (κ3) is 8.34. The highest BCUT2D eigenvalue weighted by Gasteiger charge is 2.34. The minimum atomic E-state index is -4.58. The Balaban J connectivity index is 1.86. The first-order chi connectivity index (χ1) is 19.7. The van der Waals surface area contributed by atoms with Crippen molar-refractivity contribution in [3.05, 3.63) is 89.1 Å². The molecule has 2 heterocycles. The van der Waals surface area contributed by atoms with Crippen molar-refractivity contribution in [3.63, 3.8) is 0 Å². The zero-order valence-corrected chi connectivity index (χ0v) is 24.9. The molecule has 42 heavy (non-hydrogen) atoms. The van der Waals surface area contributed by atoms with E-state index in [-0.39, 0.29) is 29.3 Å². The number of allylic oxidation sites excluding steroid dienone is 3. The number of aryl methyl sites for hydroxylation is 1. The summed E-state index contributed by atoms with van der Waals surface area (Å²) in [5, 5.41) is 8.12. The number of carbonyl (C=O) groups is 1. The van der Waals surface area contributed by atoms with Crippen LogP contribution in [0.25, 0.3) is 5.70 Å². The first-order valence-electron chi connectivity index (χ1n) is 13.7. The molecule has 0 radical (unpaired) electrons. The van der Waals surface area contributed by atoms with Crippen LogP contribution in [0.15, 0.2) is 66.7 Å². The average Bonchev–Trinajstić information content (AvgIpc) is 3.25. The number of hydrogen-bond donors (Lipinski definition) is 3. The SMILES string of the molecule is C=C/C=C(\C=C(/C(C)C)N(N)/C=C(\N)c1cnn(C)c1C)C(=O)Nc1ccc(CN2CCN(C)CC2)c(C(F)(F)F)c1. The van der Waals surface area contributed by atoms with Crippen molar-refractivity contribution in [2.45, 2.75) is 33.5 Å². The second kappa shape index (κ2) is 13.9. The first-order valence-corrected chi connectivity index (χ1v) is 13.7. The zero-order valence-electron chi connectivity index (χ0n) is 24.9. The molecule has 0 atom stereocenters. The van der Waals surface area contributed by atoms with E-state index in [1.165, 1.54) is 35.5 Å². The highest BCUT2D eigenvalue weighted by molar-refractivity contribution is 6.06. The van der Waals surface area contributed by atoms with Gasteiger partial charge in [0.25, 0.3) is 5.91 Å². The molecule has 1 aromatic carbocycles. The van der Waals surface area contributed by atoms with Gasteiger partial charge in [-0.2, -0.15) is 18.3 Å². The highest BCUT2D eigenvalue weighted by Crippen LogP contribution is 2.35. The largest absolute Gasteiger partial charge is 0.416 e. The van der Waals surface area contributed by atoms with Gasteiger partial charge in [-0.25, -0.2) is 5.84 Å². The lowest BCUT2D eigenvalue weighted by Gasteiger charge is -2.33. The summed E-state index contributed by atoms with van der Waals surface area (Å²) >= 11 is 0. The molecule has 1 aliphatic rings. The van der Waals surface area contributed by atoms with Crippen LogP contribution in [0.2, 0.25) is 0 Å². The summed E-state index contributed by atoms with van der Waals surface area (Å²) in [6.07, 6.45) is 3.05. The second-order valence-electron chi connectivity index (χ2n) is 10.7. The number of halogens is 3. The van der Waals surface area contributed by atoms with Gasteiger partial charge in [-0.05, 0) is 49.7 Å². The predicted molar refractivity (Wildman–Crippen MR) is 160 cm³/mol. The van der Waals surface area contributed by atoms with Crippen molar-refractivity contribution in [1.29, 1.82) is 0 Å². The fourth-order valence-electron chi connectivity index (χ4n) is 4.60. The fourth-order valence-corrected chi connectivity index (χ4v) is 4.60. The summed E-state index contributed by atoms with van der Waals surface area (Å²) in [6, 6.07) is 3.90. The molecular formula is C30H41F3N8O. The number of alkyl halides is 3. The number of hydrazine groups is 1. The van der Waals surface area contributed by atoms with Crippen LogP contribution in [0.5, 0.6) is 0 Å². The van der Waals surface area contributed by atoms with Crippen LogP contribution in [0.4, 0.5) is 18.9 Å². The lowest BCUT2D eigenvalue weighted by Crippen LogP contribution is -2.44. The summed E-state index contributed by atoms with van der Waals surface area (Å²) in [5.74, 6) is 5.60. The van der Waals surface area contributed by atoms with E-state index in [0.717, 1.165) is 24.8 Å². The van der Waals surface area contributed by atoms with Gasteiger partial charge in [0.15, 0.2) is 0 Å². The molecule has 3 rings (SSSR count). The molecular weight excluding hydrogens is 545 g/mol. The van der Waals surface area contributed by atoms with Gasteiger partial charge in [-0.15, -0.1) is 0 Å². The van der Waals surface area contributed by atoms with Gasteiger partial charge in [0.1, 0.15) is 0 Å². The van der Waals surface area contributed by atoms with Crippen molar-refractivity contribution in [2.75, 3.05) is 38.5 Å². The minimum absolute atomic E-state index is 0.0321. The van der Waals surface area contributed by atoms with Crippen LogP contribution in [0.3, 0.4) is 0 Å². The van der Waals surface area contributed by atoms with Crippen LogP contribution >= 0.6 is 0 Å². The molecule has 1 aromatic heterocycles. The second-order valence-corrected chi connectivity index (χ2v) is 10.7. The third-order valence-corrected chi connectivity index (χ3v) is 7.24. The molecule has 0 bridgehead atoms. The average molecular weight is 587 g/mol. The number of nitrogens with one attached hydrogen (secondary N) is 1. The van der Waals surface area contributed by atoms with E-state index < -0.39 is 17.6 Å². The predicted octanol–water partition coefficient (Wildman–Crippen LogP) is 4.22. The monoisotopic (exact) mass is 586 g/mol. The van der Waals surface area contributed by atoms with E-state index >= 15 is 0 Å². The Morgan fingerprint density at radius 2 is 1.88 bits per heavy atom. The maximum absolute atomic E-state index is 14.1. The number of anilines is 1. The number of benzene rings is 1. The van der Waals surface area contributed by atoms with Crippen molar-refractivity contribution in [3.8, 4) is 0 Å². The number of hydrogen-bond acceptors (Lipinski definition) is 7. The fraction of sp³-hybridized carbons (Fsp3) is 0.400. The zero-order chi connectivity index (χ0) is 31.2. The molecule has 9 nitrogen and oxygen atoms in total.